The molecule has 1 aromatic heterocycles. The zero-order valence-corrected chi connectivity index (χ0v) is 17.2. The largest absolute Gasteiger partial charge is 0.497 e. The minimum Gasteiger partial charge on any atom is -0.497 e. The lowest BCUT2D eigenvalue weighted by Crippen LogP contribution is -2.45. The molecule has 8 nitrogen and oxygen atoms in total. The average Bonchev–Trinajstić information content (AvgIpc) is 3.44. The van der Waals surface area contributed by atoms with Crippen molar-refractivity contribution in [3.8, 4) is 11.8 Å². The van der Waals surface area contributed by atoms with Gasteiger partial charge in [0.1, 0.15) is 17.6 Å². The van der Waals surface area contributed by atoms with Crippen LogP contribution >= 0.6 is 0 Å². The molecule has 0 saturated carbocycles. The van der Waals surface area contributed by atoms with E-state index in [2.05, 4.69) is 0 Å². The molecule has 1 fully saturated rings. The number of carbonyl (C=O) groups is 3. The Morgan fingerprint density at radius 1 is 1.16 bits per heavy atom. The first-order chi connectivity index (χ1) is 15.5. The molecule has 4 rings (SSSR count). The molecule has 0 spiro atoms. The summed E-state index contributed by atoms with van der Waals surface area (Å²) in [6.45, 7) is 0.0305. The minimum absolute atomic E-state index is 0.0305. The van der Waals surface area contributed by atoms with Gasteiger partial charge in [-0.05, 0) is 60.7 Å². The first kappa shape index (κ1) is 20.9. The summed E-state index contributed by atoms with van der Waals surface area (Å²) in [6, 6.07) is 17.1. The molecule has 8 heteroatoms. The number of furan rings is 1. The SMILES string of the molecule is COc1ccc(C(=O)N(Cc2ccco2)C2CC(=O)N(c3ccc(C#N)cc3)C2=O)cc1. The normalized spacial score (nSPS) is 15.5. The molecule has 1 atom stereocenters. The number of rotatable bonds is 6. The predicted molar refractivity (Wildman–Crippen MR) is 114 cm³/mol. The molecule has 2 heterocycles. The summed E-state index contributed by atoms with van der Waals surface area (Å²) in [5.74, 6) is -0.246. The number of methoxy groups -OCH3 is 1. The highest BCUT2D eigenvalue weighted by Gasteiger charge is 2.44. The van der Waals surface area contributed by atoms with Crippen LogP contribution < -0.4 is 9.64 Å². The van der Waals surface area contributed by atoms with Crippen molar-refractivity contribution in [3.63, 3.8) is 0 Å². The first-order valence-corrected chi connectivity index (χ1v) is 9.86. The number of nitriles is 1. The van der Waals surface area contributed by atoms with Crippen LogP contribution in [0.3, 0.4) is 0 Å². The second kappa shape index (κ2) is 8.78. The molecule has 2 aromatic carbocycles. The van der Waals surface area contributed by atoms with E-state index in [1.807, 2.05) is 6.07 Å². The van der Waals surface area contributed by atoms with Gasteiger partial charge in [-0.1, -0.05) is 0 Å². The van der Waals surface area contributed by atoms with Crippen LogP contribution in [0.2, 0.25) is 0 Å². The number of imide groups is 1. The number of benzene rings is 2. The van der Waals surface area contributed by atoms with Crippen molar-refractivity contribution in [2.45, 2.75) is 19.0 Å². The molecule has 1 saturated heterocycles. The fourth-order valence-corrected chi connectivity index (χ4v) is 3.61. The third kappa shape index (κ3) is 3.96. The molecule has 0 bridgehead atoms. The lowest BCUT2D eigenvalue weighted by molar-refractivity contribution is -0.122. The van der Waals surface area contributed by atoms with Gasteiger partial charge in [-0.3, -0.25) is 14.4 Å². The molecule has 1 aliphatic rings. The van der Waals surface area contributed by atoms with Crippen LogP contribution in [0, 0.1) is 11.3 Å². The van der Waals surface area contributed by atoms with Crippen LogP contribution in [0.4, 0.5) is 5.69 Å². The fourth-order valence-electron chi connectivity index (χ4n) is 3.61. The van der Waals surface area contributed by atoms with Crippen molar-refractivity contribution in [3.05, 3.63) is 83.8 Å². The van der Waals surface area contributed by atoms with E-state index in [-0.39, 0.29) is 13.0 Å². The fraction of sp³-hybridized carbons (Fsp3) is 0.167. The molecule has 0 radical (unpaired) electrons. The standard InChI is InChI=1S/C24H19N3O5/c1-31-19-10-6-17(7-11-19)23(29)26(15-20-3-2-12-32-20)21-13-22(28)27(24(21)30)18-8-4-16(14-25)5-9-18/h2-12,21H,13,15H2,1H3. The van der Waals surface area contributed by atoms with E-state index < -0.39 is 23.8 Å². The zero-order chi connectivity index (χ0) is 22.7. The molecule has 3 amide bonds. The van der Waals surface area contributed by atoms with Crippen molar-refractivity contribution in [2.75, 3.05) is 12.0 Å². The van der Waals surface area contributed by atoms with E-state index in [0.29, 0.717) is 28.3 Å². The van der Waals surface area contributed by atoms with Crippen LogP contribution in [0.5, 0.6) is 5.75 Å². The highest BCUT2D eigenvalue weighted by atomic mass is 16.5. The Morgan fingerprint density at radius 2 is 1.88 bits per heavy atom. The Labute approximate surface area is 184 Å². The summed E-state index contributed by atoms with van der Waals surface area (Å²) in [5, 5.41) is 8.98. The van der Waals surface area contributed by atoms with E-state index in [1.165, 1.54) is 30.4 Å². The van der Waals surface area contributed by atoms with Crippen LogP contribution in [0.1, 0.15) is 28.1 Å². The molecule has 3 aromatic rings. The number of ether oxygens (including phenoxy) is 1. The number of anilines is 1. The number of carbonyl (C=O) groups excluding carboxylic acids is 3. The molecule has 32 heavy (non-hydrogen) atoms. The minimum atomic E-state index is -0.988. The van der Waals surface area contributed by atoms with Gasteiger partial charge in [0.2, 0.25) is 5.91 Å². The predicted octanol–water partition coefficient (Wildman–Crippen LogP) is 3.13. The Bertz CT molecular complexity index is 1180. The van der Waals surface area contributed by atoms with Gasteiger partial charge in [-0.2, -0.15) is 5.26 Å². The number of nitrogens with zero attached hydrogens (tertiary/aromatic N) is 3. The van der Waals surface area contributed by atoms with Crippen LogP contribution in [-0.4, -0.2) is 35.8 Å². The maximum Gasteiger partial charge on any atom is 0.257 e. The Balaban J connectivity index is 1.65. The van der Waals surface area contributed by atoms with Crippen molar-refractivity contribution in [1.29, 1.82) is 5.26 Å². The van der Waals surface area contributed by atoms with Gasteiger partial charge in [0.05, 0.1) is 43.7 Å². The van der Waals surface area contributed by atoms with E-state index >= 15 is 0 Å². The summed E-state index contributed by atoms with van der Waals surface area (Å²) in [4.78, 5) is 41.8. The molecule has 1 unspecified atom stereocenters. The van der Waals surface area contributed by atoms with Gasteiger partial charge < -0.3 is 14.1 Å². The van der Waals surface area contributed by atoms with E-state index in [0.717, 1.165) is 4.90 Å². The van der Waals surface area contributed by atoms with Gasteiger partial charge in [0.15, 0.2) is 0 Å². The van der Waals surface area contributed by atoms with E-state index in [9.17, 15) is 14.4 Å². The Morgan fingerprint density at radius 3 is 2.47 bits per heavy atom. The summed E-state index contributed by atoms with van der Waals surface area (Å²) in [6.07, 6.45) is 1.33. The molecular formula is C24H19N3O5. The lowest BCUT2D eigenvalue weighted by Gasteiger charge is -2.27. The summed E-state index contributed by atoms with van der Waals surface area (Å²) in [7, 11) is 1.53. The van der Waals surface area contributed by atoms with Gasteiger partial charge in [0.25, 0.3) is 11.8 Å². The van der Waals surface area contributed by atoms with Crippen molar-refractivity contribution in [1.82, 2.24) is 4.90 Å². The number of hydrogen-bond acceptors (Lipinski definition) is 6. The lowest BCUT2D eigenvalue weighted by atomic mass is 10.1. The van der Waals surface area contributed by atoms with E-state index in [1.54, 1.807) is 48.5 Å². The second-order valence-corrected chi connectivity index (χ2v) is 7.19. The third-order valence-corrected chi connectivity index (χ3v) is 5.26. The zero-order valence-electron chi connectivity index (χ0n) is 17.2. The van der Waals surface area contributed by atoms with Crippen molar-refractivity contribution >= 4 is 23.4 Å². The molecule has 0 N–H and O–H groups in total. The molecular weight excluding hydrogens is 410 g/mol. The smallest absolute Gasteiger partial charge is 0.257 e. The number of amides is 3. The van der Waals surface area contributed by atoms with Gasteiger partial charge in [0, 0.05) is 5.56 Å². The van der Waals surface area contributed by atoms with E-state index in [4.69, 9.17) is 14.4 Å². The summed E-state index contributed by atoms with van der Waals surface area (Å²) >= 11 is 0. The Hall–Kier alpha value is -4.38. The van der Waals surface area contributed by atoms with Gasteiger partial charge >= 0.3 is 0 Å². The average molecular weight is 429 g/mol. The Kier molecular flexibility index (Phi) is 5.73. The highest BCUT2D eigenvalue weighted by molar-refractivity contribution is 6.23. The highest BCUT2D eigenvalue weighted by Crippen LogP contribution is 2.28. The third-order valence-electron chi connectivity index (χ3n) is 5.26. The monoisotopic (exact) mass is 429 g/mol. The van der Waals surface area contributed by atoms with Crippen molar-refractivity contribution < 1.29 is 23.5 Å². The molecule has 160 valence electrons. The van der Waals surface area contributed by atoms with Crippen LogP contribution in [0.25, 0.3) is 0 Å². The maximum absolute atomic E-state index is 13.4. The van der Waals surface area contributed by atoms with Crippen LogP contribution in [-0.2, 0) is 16.1 Å². The molecule has 0 aliphatic carbocycles. The van der Waals surface area contributed by atoms with Crippen molar-refractivity contribution in [2.24, 2.45) is 0 Å². The maximum atomic E-state index is 13.4. The summed E-state index contributed by atoms with van der Waals surface area (Å²) < 4.78 is 10.5. The first-order valence-electron chi connectivity index (χ1n) is 9.86. The van der Waals surface area contributed by atoms with Crippen LogP contribution in [0.15, 0.2) is 71.3 Å². The van der Waals surface area contributed by atoms with Gasteiger partial charge in [-0.25, -0.2) is 4.90 Å². The number of hydrogen-bond donors (Lipinski definition) is 0. The molecule has 1 aliphatic heterocycles. The summed E-state index contributed by atoms with van der Waals surface area (Å²) in [5.41, 5.74) is 1.13. The van der Waals surface area contributed by atoms with Gasteiger partial charge in [-0.15, -0.1) is 0 Å². The quantitative estimate of drug-likeness (QED) is 0.558. The second-order valence-electron chi connectivity index (χ2n) is 7.19. The topological polar surface area (TPSA) is 104 Å².